The number of hydrogen-bond acceptors (Lipinski definition) is 6. The average Bonchev–Trinajstić information content (AvgIpc) is 3.29. The number of amides is 3. The van der Waals surface area contributed by atoms with Gasteiger partial charge in [0.25, 0.3) is 0 Å². The molecule has 1 N–H and O–H groups in total. The Balaban J connectivity index is 1.46. The quantitative estimate of drug-likeness (QED) is 0.499. The van der Waals surface area contributed by atoms with E-state index < -0.39 is 34.2 Å². The molecule has 43 heavy (non-hydrogen) atoms. The Bertz CT molecular complexity index is 1450. The first-order valence-electron chi connectivity index (χ1n) is 15.0. The molecule has 6 rings (SSSR count). The molecule has 4 aliphatic rings. The number of carbonyl (C=O) groups excluding carboxylic acids is 3. The number of ether oxygens (including phenoxy) is 1. The number of aliphatic hydroxyl groups is 1. The van der Waals surface area contributed by atoms with Crippen LogP contribution in [0.15, 0.2) is 78.9 Å². The zero-order valence-electron chi connectivity index (χ0n) is 25.1. The molecule has 4 aliphatic heterocycles. The van der Waals surface area contributed by atoms with Gasteiger partial charge in [-0.2, -0.15) is 0 Å². The van der Waals surface area contributed by atoms with Gasteiger partial charge in [0.1, 0.15) is 11.8 Å². The third-order valence-electron chi connectivity index (χ3n) is 9.06. The van der Waals surface area contributed by atoms with Crippen LogP contribution >= 0.6 is 11.8 Å². The van der Waals surface area contributed by atoms with E-state index in [1.807, 2.05) is 111 Å². The topological polar surface area (TPSA) is 90.4 Å². The van der Waals surface area contributed by atoms with Crippen LogP contribution in [-0.2, 0) is 14.4 Å². The van der Waals surface area contributed by atoms with E-state index in [1.165, 1.54) is 0 Å². The van der Waals surface area contributed by atoms with Gasteiger partial charge in [-0.1, -0.05) is 54.6 Å². The summed E-state index contributed by atoms with van der Waals surface area (Å²) in [6.07, 6.45) is 8.03. The van der Waals surface area contributed by atoms with Gasteiger partial charge >= 0.3 is 0 Å². The minimum absolute atomic E-state index is 0.138. The van der Waals surface area contributed by atoms with E-state index in [-0.39, 0.29) is 29.6 Å². The standard InChI is InChI=1S/C34H39N3O5S/c1-5-42-24-16-14-23(15-17-24)35-19-9-13-26-27(30(35)39)28-31(40)37(25(21-38)22-11-7-6-8-12-22)29-32(41)36(33(2,3)4)20-10-18-34(28,29)43-26/h6-18,25-29,38H,5,19-21H2,1-4H3/t25-,26-,27+,28+,29?,34+/m1/s1. The van der Waals surface area contributed by atoms with E-state index in [9.17, 15) is 19.5 Å². The lowest BCUT2D eigenvalue weighted by molar-refractivity contribution is -0.148. The highest BCUT2D eigenvalue weighted by Crippen LogP contribution is 2.62. The highest BCUT2D eigenvalue weighted by atomic mass is 32.2. The molecule has 2 aromatic carbocycles. The van der Waals surface area contributed by atoms with Crippen molar-refractivity contribution < 1.29 is 24.2 Å². The lowest BCUT2D eigenvalue weighted by Gasteiger charge is -2.42. The summed E-state index contributed by atoms with van der Waals surface area (Å²) in [4.78, 5) is 49.1. The van der Waals surface area contributed by atoms with Gasteiger partial charge in [-0.25, -0.2) is 0 Å². The highest BCUT2D eigenvalue weighted by molar-refractivity contribution is 8.02. The fourth-order valence-corrected chi connectivity index (χ4v) is 9.16. The van der Waals surface area contributed by atoms with Crippen LogP contribution in [0.4, 0.5) is 5.69 Å². The van der Waals surface area contributed by atoms with Gasteiger partial charge in [-0.3, -0.25) is 14.4 Å². The largest absolute Gasteiger partial charge is 0.494 e. The second kappa shape index (κ2) is 11.2. The Morgan fingerprint density at radius 1 is 0.977 bits per heavy atom. The number of aliphatic hydroxyl groups excluding tert-OH is 1. The minimum atomic E-state index is -0.965. The number of rotatable bonds is 6. The molecular formula is C34H39N3O5S. The fourth-order valence-electron chi connectivity index (χ4n) is 7.17. The number of fused-ring (bicyclic) bond motifs is 2. The van der Waals surface area contributed by atoms with Crippen molar-refractivity contribution in [2.24, 2.45) is 11.8 Å². The second-order valence-corrected chi connectivity index (χ2v) is 14.0. The number of likely N-dealkylation sites (tertiary alicyclic amines) is 1. The molecule has 2 aromatic rings. The maximum absolute atomic E-state index is 14.8. The molecule has 226 valence electrons. The summed E-state index contributed by atoms with van der Waals surface area (Å²) in [7, 11) is 0. The van der Waals surface area contributed by atoms with Crippen LogP contribution in [-0.4, -0.2) is 80.5 Å². The third-order valence-corrected chi connectivity index (χ3v) is 10.8. The number of benzene rings is 2. The summed E-state index contributed by atoms with van der Waals surface area (Å²) in [5, 5.41) is 10.5. The van der Waals surface area contributed by atoms with Gasteiger partial charge in [0.15, 0.2) is 0 Å². The molecule has 0 aliphatic carbocycles. The summed E-state index contributed by atoms with van der Waals surface area (Å²) in [6.45, 7) is 8.89. The van der Waals surface area contributed by atoms with E-state index in [2.05, 4.69) is 0 Å². The summed E-state index contributed by atoms with van der Waals surface area (Å²) in [5.41, 5.74) is 0.989. The Hall–Kier alpha value is -3.56. The van der Waals surface area contributed by atoms with Crippen LogP contribution in [0.2, 0.25) is 0 Å². The summed E-state index contributed by atoms with van der Waals surface area (Å²) < 4.78 is 4.63. The lowest BCUT2D eigenvalue weighted by atomic mass is 9.78. The molecule has 2 fully saturated rings. The zero-order valence-corrected chi connectivity index (χ0v) is 25.9. The van der Waals surface area contributed by atoms with Crippen molar-refractivity contribution >= 4 is 35.2 Å². The molecule has 1 spiro atoms. The Morgan fingerprint density at radius 2 is 1.70 bits per heavy atom. The Morgan fingerprint density at radius 3 is 2.35 bits per heavy atom. The molecule has 3 amide bonds. The number of hydrogen-bond donors (Lipinski definition) is 1. The van der Waals surface area contributed by atoms with Crippen LogP contribution in [0.1, 0.15) is 39.3 Å². The molecular weight excluding hydrogens is 562 g/mol. The molecule has 2 saturated heterocycles. The van der Waals surface area contributed by atoms with E-state index in [0.717, 1.165) is 17.0 Å². The summed E-state index contributed by atoms with van der Waals surface area (Å²) in [6, 6.07) is 15.2. The highest BCUT2D eigenvalue weighted by Gasteiger charge is 2.72. The second-order valence-electron chi connectivity index (χ2n) is 12.5. The SMILES string of the molecule is CCOc1ccc(N2CC=C[C@H]3S[C@]45C=CCN(C(C)(C)C)C(=O)C4N([C@H](CO)c4ccccc4)C(=O)[C@@H]5[C@H]3C2=O)cc1. The van der Waals surface area contributed by atoms with Crippen molar-refractivity contribution in [3.63, 3.8) is 0 Å². The maximum Gasteiger partial charge on any atom is 0.247 e. The third kappa shape index (κ3) is 4.77. The van der Waals surface area contributed by atoms with Gasteiger partial charge in [0, 0.05) is 29.6 Å². The molecule has 0 aromatic heterocycles. The summed E-state index contributed by atoms with van der Waals surface area (Å²) >= 11 is 1.55. The minimum Gasteiger partial charge on any atom is -0.494 e. The van der Waals surface area contributed by atoms with Crippen molar-refractivity contribution in [1.82, 2.24) is 9.80 Å². The lowest BCUT2D eigenvalue weighted by Crippen LogP contribution is -2.58. The van der Waals surface area contributed by atoms with E-state index in [4.69, 9.17) is 4.74 Å². The van der Waals surface area contributed by atoms with Gasteiger partial charge in [0.2, 0.25) is 17.7 Å². The molecule has 0 bridgehead atoms. The predicted molar refractivity (Wildman–Crippen MR) is 168 cm³/mol. The van der Waals surface area contributed by atoms with Crippen molar-refractivity contribution in [2.75, 3.05) is 31.2 Å². The van der Waals surface area contributed by atoms with Gasteiger partial charge < -0.3 is 24.5 Å². The smallest absolute Gasteiger partial charge is 0.247 e. The molecule has 8 nitrogen and oxygen atoms in total. The van der Waals surface area contributed by atoms with E-state index >= 15 is 0 Å². The molecule has 1 unspecified atom stereocenters. The van der Waals surface area contributed by atoms with Crippen LogP contribution in [0.25, 0.3) is 0 Å². The van der Waals surface area contributed by atoms with Gasteiger partial charge in [-0.15, -0.1) is 11.8 Å². The number of nitrogens with zero attached hydrogens (tertiary/aromatic N) is 3. The van der Waals surface area contributed by atoms with Gasteiger partial charge in [-0.05, 0) is 57.5 Å². The number of thioether (sulfide) groups is 1. The van der Waals surface area contributed by atoms with Crippen LogP contribution in [0, 0.1) is 11.8 Å². The molecule has 6 atom stereocenters. The van der Waals surface area contributed by atoms with Crippen LogP contribution in [0.5, 0.6) is 5.75 Å². The predicted octanol–water partition coefficient (Wildman–Crippen LogP) is 4.22. The van der Waals surface area contributed by atoms with Crippen LogP contribution in [0.3, 0.4) is 0 Å². The normalized spacial score (nSPS) is 29.2. The summed E-state index contributed by atoms with van der Waals surface area (Å²) in [5.74, 6) is -1.29. The first-order valence-corrected chi connectivity index (χ1v) is 15.9. The monoisotopic (exact) mass is 601 g/mol. The van der Waals surface area contributed by atoms with Crippen molar-refractivity contribution in [2.45, 2.75) is 55.3 Å². The average molecular weight is 602 g/mol. The van der Waals surface area contributed by atoms with Crippen molar-refractivity contribution in [3.05, 3.63) is 84.5 Å². The molecule has 0 radical (unpaired) electrons. The fraction of sp³-hybridized carbons (Fsp3) is 0.441. The molecule has 0 saturated carbocycles. The molecule has 9 heteroatoms. The first kappa shape index (κ1) is 29.5. The van der Waals surface area contributed by atoms with Crippen molar-refractivity contribution in [3.8, 4) is 5.75 Å². The zero-order chi connectivity index (χ0) is 30.5. The Kier molecular flexibility index (Phi) is 7.67. The van der Waals surface area contributed by atoms with Crippen molar-refractivity contribution in [1.29, 1.82) is 0 Å². The maximum atomic E-state index is 14.8. The van der Waals surface area contributed by atoms with E-state index in [1.54, 1.807) is 21.6 Å². The first-order chi connectivity index (χ1) is 20.6. The van der Waals surface area contributed by atoms with E-state index in [0.29, 0.717) is 19.7 Å². The number of carbonyl (C=O) groups is 3. The number of anilines is 1. The van der Waals surface area contributed by atoms with Crippen LogP contribution < -0.4 is 9.64 Å². The van der Waals surface area contributed by atoms with Gasteiger partial charge in [0.05, 0.1) is 35.8 Å². The molecule has 4 heterocycles. The Labute approximate surface area is 257 Å².